The van der Waals surface area contributed by atoms with E-state index in [0.717, 1.165) is 25.8 Å². The van der Waals surface area contributed by atoms with E-state index in [9.17, 15) is 4.79 Å². The first-order chi connectivity index (χ1) is 11.2. The molecule has 126 valence electrons. The SMILES string of the molecule is COC(=O)[C@H]1[C@@H](c2ccc(I)cc2)C[C@@H]2CC[C@H]1N2CCCCl. The Balaban J connectivity index is 1.88. The number of esters is 1. The number of rotatable bonds is 5. The number of carbonyl (C=O) groups excluding carboxylic acids is 1. The zero-order chi connectivity index (χ0) is 16.4. The maximum Gasteiger partial charge on any atom is 0.310 e. The van der Waals surface area contributed by atoms with Crippen LogP contribution in [-0.4, -0.2) is 42.5 Å². The average Bonchev–Trinajstić information content (AvgIpc) is 2.84. The van der Waals surface area contributed by atoms with Gasteiger partial charge in [-0.1, -0.05) is 12.1 Å². The van der Waals surface area contributed by atoms with Crippen LogP contribution >= 0.6 is 34.2 Å². The highest BCUT2D eigenvalue weighted by atomic mass is 127. The molecule has 0 aliphatic carbocycles. The largest absolute Gasteiger partial charge is 0.469 e. The van der Waals surface area contributed by atoms with E-state index in [1.807, 2.05) is 0 Å². The second-order valence-electron chi connectivity index (χ2n) is 6.52. The Morgan fingerprint density at radius 3 is 2.74 bits per heavy atom. The minimum absolute atomic E-state index is 0.0604. The van der Waals surface area contributed by atoms with E-state index < -0.39 is 0 Å². The lowest BCUT2D eigenvalue weighted by atomic mass is 9.76. The number of carbonyl (C=O) groups is 1. The van der Waals surface area contributed by atoms with Crippen LogP contribution in [0.3, 0.4) is 0 Å². The summed E-state index contributed by atoms with van der Waals surface area (Å²) in [4.78, 5) is 15.1. The van der Waals surface area contributed by atoms with E-state index in [1.54, 1.807) is 0 Å². The Morgan fingerprint density at radius 1 is 1.35 bits per heavy atom. The molecule has 2 aliphatic heterocycles. The molecule has 1 aromatic carbocycles. The van der Waals surface area contributed by atoms with Gasteiger partial charge in [0.25, 0.3) is 0 Å². The van der Waals surface area contributed by atoms with Gasteiger partial charge >= 0.3 is 5.97 Å². The third-order valence-corrected chi connectivity index (χ3v) is 6.37. The van der Waals surface area contributed by atoms with Crippen molar-refractivity contribution in [3.8, 4) is 0 Å². The number of hydrogen-bond acceptors (Lipinski definition) is 3. The summed E-state index contributed by atoms with van der Waals surface area (Å²) >= 11 is 8.20. The predicted molar refractivity (Wildman–Crippen MR) is 101 cm³/mol. The van der Waals surface area contributed by atoms with Crippen LogP contribution in [0.4, 0.5) is 0 Å². The number of nitrogens with zero attached hydrogens (tertiary/aromatic N) is 1. The molecule has 0 amide bonds. The number of piperidine rings is 1. The van der Waals surface area contributed by atoms with Gasteiger partial charge in [0.1, 0.15) is 0 Å². The maximum absolute atomic E-state index is 12.5. The monoisotopic (exact) mass is 447 g/mol. The normalized spacial score (nSPS) is 30.4. The molecule has 0 aromatic heterocycles. The highest BCUT2D eigenvalue weighted by molar-refractivity contribution is 14.1. The smallest absolute Gasteiger partial charge is 0.310 e. The minimum atomic E-state index is -0.0610. The summed E-state index contributed by atoms with van der Waals surface area (Å²) < 4.78 is 6.40. The molecule has 2 aliphatic rings. The molecule has 0 unspecified atom stereocenters. The zero-order valence-corrected chi connectivity index (χ0v) is 16.3. The highest BCUT2D eigenvalue weighted by Crippen LogP contribution is 2.47. The summed E-state index contributed by atoms with van der Waals surface area (Å²) in [5, 5.41) is 0. The van der Waals surface area contributed by atoms with Crippen molar-refractivity contribution in [2.75, 3.05) is 19.5 Å². The molecule has 0 spiro atoms. The zero-order valence-electron chi connectivity index (χ0n) is 13.4. The molecular weight excluding hydrogens is 425 g/mol. The van der Waals surface area contributed by atoms with Gasteiger partial charge in [-0.05, 0) is 72.5 Å². The number of hydrogen-bond donors (Lipinski definition) is 0. The molecule has 3 rings (SSSR count). The van der Waals surface area contributed by atoms with Gasteiger partial charge < -0.3 is 4.74 Å². The fourth-order valence-corrected chi connectivity index (χ4v) is 4.89. The van der Waals surface area contributed by atoms with Gasteiger partial charge in [0, 0.05) is 27.5 Å². The molecule has 0 saturated carbocycles. The molecule has 4 atom stereocenters. The number of methoxy groups -OCH3 is 1. The lowest BCUT2D eigenvalue weighted by Gasteiger charge is -2.43. The van der Waals surface area contributed by atoms with E-state index in [2.05, 4.69) is 51.8 Å². The van der Waals surface area contributed by atoms with Gasteiger partial charge in [-0.2, -0.15) is 0 Å². The van der Waals surface area contributed by atoms with Crippen molar-refractivity contribution in [3.63, 3.8) is 0 Å². The summed E-state index contributed by atoms with van der Waals surface area (Å²) in [5.74, 6) is 0.826. The Hall–Kier alpha value is -0.330. The molecule has 3 nitrogen and oxygen atoms in total. The van der Waals surface area contributed by atoms with Gasteiger partial charge in [-0.3, -0.25) is 9.69 Å². The van der Waals surface area contributed by atoms with Crippen molar-refractivity contribution in [2.24, 2.45) is 5.92 Å². The lowest BCUT2D eigenvalue weighted by molar-refractivity contribution is -0.150. The van der Waals surface area contributed by atoms with Crippen LogP contribution < -0.4 is 0 Å². The van der Waals surface area contributed by atoms with Crippen LogP contribution in [0.15, 0.2) is 24.3 Å². The highest BCUT2D eigenvalue weighted by Gasteiger charge is 2.50. The number of fused-ring (bicyclic) bond motifs is 2. The van der Waals surface area contributed by atoms with Crippen molar-refractivity contribution < 1.29 is 9.53 Å². The van der Waals surface area contributed by atoms with E-state index in [-0.39, 0.29) is 17.8 Å². The Labute approximate surface area is 156 Å². The van der Waals surface area contributed by atoms with Crippen molar-refractivity contribution in [3.05, 3.63) is 33.4 Å². The predicted octanol–water partition coefficient (Wildman–Crippen LogP) is 4.03. The Morgan fingerprint density at radius 2 is 2.09 bits per heavy atom. The topological polar surface area (TPSA) is 29.5 Å². The molecule has 2 bridgehead atoms. The van der Waals surface area contributed by atoms with Crippen LogP contribution in [0.2, 0.25) is 0 Å². The lowest BCUT2D eigenvalue weighted by Crippen LogP contribution is -2.51. The molecular formula is C18H23ClINO2. The fourth-order valence-electron chi connectivity index (χ4n) is 4.41. The summed E-state index contributed by atoms with van der Waals surface area (Å²) in [5.41, 5.74) is 1.27. The van der Waals surface area contributed by atoms with E-state index in [0.29, 0.717) is 18.0 Å². The van der Waals surface area contributed by atoms with Crippen LogP contribution in [0, 0.1) is 9.49 Å². The first-order valence-corrected chi connectivity index (χ1v) is 9.92. The third kappa shape index (κ3) is 3.54. The van der Waals surface area contributed by atoms with Crippen molar-refractivity contribution in [1.29, 1.82) is 0 Å². The van der Waals surface area contributed by atoms with E-state index in [1.165, 1.54) is 22.7 Å². The van der Waals surface area contributed by atoms with Crippen molar-refractivity contribution in [2.45, 2.75) is 43.7 Å². The third-order valence-electron chi connectivity index (χ3n) is 5.39. The Bertz CT molecular complexity index is 550. The maximum atomic E-state index is 12.5. The van der Waals surface area contributed by atoms with Crippen molar-refractivity contribution >= 4 is 40.2 Å². The summed E-state index contributed by atoms with van der Waals surface area (Å²) in [7, 11) is 1.51. The molecule has 5 heteroatoms. The number of benzene rings is 1. The van der Waals surface area contributed by atoms with Gasteiger partial charge in [0.05, 0.1) is 13.0 Å². The van der Waals surface area contributed by atoms with Crippen LogP contribution in [-0.2, 0) is 9.53 Å². The first-order valence-electron chi connectivity index (χ1n) is 8.30. The molecule has 2 saturated heterocycles. The summed E-state index contributed by atoms with van der Waals surface area (Å²) in [6, 6.07) is 9.49. The standard InChI is InChI=1S/C18H23ClINO2/c1-23-18(22)17-15(12-3-5-13(20)6-4-12)11-14-7-8-16(17)21(14)10-2-9-19/h3-6,14-17H,2,7-11H2,1H3/t14-,15+,16+,17-/m0/s1. The molecule has 2 heterocycles. The van der Waals surface area contributed by atoms with Crippen LogP contribution in [0.1, 0.15) is 37.2 Å². The van der Waals surface area contributed by atoms with Gasteiger partial charge in [0.15, 0.2) is 0 Å². The Kier molecular flexibility index (Phi) is 5.86. The first kappa shape index (κ1) is 17.5. The van der Waals surface area contributed by atoms with E-state index >= 15 is 0 Å². The summed E-state index contributed by atoms with van der Waals surface area (Å²) in [6.45, 7) is 0.992. The molecule has 1 aromatic rings. The second-order valence-corrected chi connectivity index (χ2v) is 8.15. The van der Waals surface area contributed by atoms with Gasteiger partial charge in [0.2, 0.25) is 0 Å². The average molecular weight is 448 g/mol. The molecule has 0 radical (unpaired) electrons. The van der Waals surface area contributed by atoms with Crippen LogP contribution in [0.5, 0.6) is 0 Å². The molecule has 2 fully saturated rings. The number of halogens is 2. The molecule has 23 heavy (non-hydrogen) atoms. The van der Waals surface area contributed by atoms with Gasteiger partial charge in [-0.25, -0.2) is 0 Å². The van der Waals surface area contributed by atoms with Crippen LogP contribution in [0.25, 0.3) is 0 Å². The quantitative estimate of drug-likeness (QED) is 0.388. The van der Waals surface area contributed by atoms with Crippen molar-refractivity contribution in [1.82, 2.24) is 4.90 Å². The summed E-state index contributed by atoms with van der Waals surface area (Å²) in [6.07, 6.45) is 4.30. The van der Waals surface area contributed by atoms with Gasteiger partial charge in [-0.15, -0.1) is 11.6 Å². The second kappa shape index (κ2) is 7.70. The fraction of sp³-hybridized carbons (Fsp3) is 0.611. The molecule has 0 N–H and O–H groups in total. The number of alkyl halides is 1. The van der Waals surface area contributed by atoms with E-state index in [4.69, 9.17) is 16.3 Å². The minimum Gasteiger partial charge on any atom is -0.469 e. The number of ether oxygens (including phenoxy) is 1.